The Balaban J connectivity index is 2.28. The molecule has 2 N–H and O–H groups in total. The zero-order valence-corrected chi connectivity index (χ0v) is 11.1. The third-order valence-corrected chi connectivity index (χ3v) is 3.00. The van der Waals surface area contributed by atoms with Gasteiger partial charge in [0.2, 0.25) is 0 Å². The van der Waals surface area contributed by atoms with Gasteiger partial charge in [-0.1, -0.05) is 6.92 Å². The van der Waals surface area contributed by atoms with Crippen LogP contribution in [-0.4, -0.2) is 19.5 Å². The smallest absolute Gasteiger partial charge is 0.145 e. The van der Waals surface area contributed by atoms with E-state index < -0.39 is 0 Å². The summed E-state index contributed by atoms with van der Waals surface area (Å²) in [4.78, 5) is 13.2. The Kier molecular flexibility index (Phi) is 3.60. The third kappa shape index (κ3) is 2.50. The molecule has 0 bridgehead atoms. The molecule has 2 aromatic heterocycles. The van der Waals surface area contributed by atoms with Crippen molar-refractivity contribution in [3.8, 4) is 0 Å². The van der Waals surface area contributed by atoms with E-state index in [2.05, 4.69) is 26.4 Å². The predicted molar refractivity (Wildman–Crippen MR) is 71.2 cm³/mol. The number of hydrogen-bond donors (Lipinski definition) is 1. The van der Waals surface area contributed by atoms with E-state index in [1.807, 2.05) is 26.2 Å². The molecule has 0 unspecified atom stereocenters. The van der Waals surface area contributed by atoms with Gasteiger partial charge in [-0.3, -0.25) is 4.98 Å². The molecule has 2 rings (SSSR count). The van der Waals surface area contributed by atoms with Crippen LogP contribution in [0.5, 0.6) is 0 Å². The number of aromatic nitrogens is 4. The Morgan fingerprint density at radius 1 is 1.22 bits per heavy atom. The van der Waals surface area contributed by atoms with Crippen LogP contribution in [0.1, 0.15) is 36.3 Å². The third-order valence-electron chi connectivity index (χ3n) is 3.00. The minimum absolute atomic E-state index is 0.504. The summed E-state index contributed by atoms with van der Waals surface area (Å²) in [7, 11) is 0. The maximum atomic E-state index is 5.92. The summed E-state index contributed by atoms with van der Waals surface area (Å²) < 4.78 is 2.14. The van der Waals surface area contributed by atoms with E-state index in [-0.39, 0.29) is 0 Å². The molecule has 5 heteroatoms. The summed E-state index contributed by atoms with van der Waals surface area (Å²) in [5.41, 5.74) is 8.53. The first-order valence-electron chi connectivity index (χ1n) is 6.21. The number of anilines is 1. The second-order valence-electron chi connectivity index (χ2n) is 4.44. The Morgan fingerprint density at radius 3 is 2.67 bits per heavy atom. The Hall–Kier alpha value is -1.91. The largest absolute Gasteiger partial charge is 0.382 e. The standard InChI is InChI=1S/C13H19N5/c1-4-6-18-7-5-15-12(18)8-11-13(14)17-10(3)9(2)16-11/h5,7H,4,6,8H2,1-3H3,(H2,14,17). The van der Waals surface area contributed by atoms with Crippen molar-refractivity contribution in [2.24, 2.45) is 0 Å². The molecular formula is C13H19N5. The monoisotopic (exact) mass is 245 g/mol. The van der Waals surface area contributed by atoms with Gasteiger partial charge < -0.3 is 10.3 Å². The van der Waals surface area contributed by atoms with Crippen molar-refractivity contribution < 1.29 is 0 Å². The van der Waals surface area contributed by atoms with Crippen molar-refractivity contribution in [3.63, 3.8) is 0 Å². The van der Waals surface area contributed by atoms with Crippen LogP contribution in [0.4, 0.5) is 5.82 Å². The zero-order chi connectivity index (χ0) is 13.1. The van der Waals surface area contributed by atoms with Gasteiger partial charge in [-0.2, -0.15) is 0 Å². The first-order chi connectivity index (χ1) is 8.61. The molecule has 0 atom stereocenters. The molecule has 0 aliphatic heterocycles. The van der Waals surface area contributed by atoms with E-state index in [1.165, 1.54) is 0 Å². The van der Waals surface area contributed by atoms with Crippen molar-refractivity contribution in [1.82, 2.24) is 19.5 Å². The van der Waals surface area contributed by atoms with E-state index in [9.17, 15) is 0 Å². The second kappa shape index (κ2) is 5.16. The molecule has 2 aromatic rings. The maximum Gasteiger partial charge on any atom is 0.145 e. The Morgan fingerprint density at radius 2 is 1.94 bits per heavy atom. The fourth-order valence-corrected chi connectivity index (χ4v) is 1.90. The number of aryl methyl sites for hydroxylation is 3. The van der Waals surface area contributed by atoms with Gasteiger partial charge in [0.15, 0.2) is 0 Å². The summed E-state index contributed by atoms with van der Waals surface area (Å²) in [5, 5.41) is 0. The van der Waals surface area contributed by atoms with Crippen LogP contribution >= 0.6 is 0 Å². The van der Waals surface area contributed by atoms with Gasteiger partial charge in [0.1, 0.15) is 11.6 Å². The van der Waals surface area contributed by atoms with Gasteiger partial charge in [-0.05, 0) is 20.3 Å². The highest BCUT2D eigenvalue weighted by atomic mass is 15.1. The van der Waals surface area contributed by atoms with Crippen LogP contribution in [0.2, 0.25) is 0 Å². The molecule has 0 aliphatic rings. The van der Waals surface area contributed by atoms with Crippen molar-refractivity contribution in [2.75, 3.05) is 5.73 Å². The van der Waals surface area contributed by atoms with Gasteiger partial charge in [0.25, 0.3) is 0 Å². The van der Waals surface area contributed by atoms with Crippen molar-refractivity contribution in [3.05, 3.63) is 35.3 Å². The summed E-state index contributed by atoms with van der Waals surface area (Å²) in [6.45, 7) is 6.98. The van der Waals surface area contributed by atoms with Crippen LogP contribution < -0.4 is 5.73 Å². The fraction of sp³-hybridized carbons (Fsp3) is 0.462. The molecule has 0 saturated carbocycles. The van der Waals surface area contributed by atoms with Gasteiger partial charge in [-0.25, -0.2) is 9.97 Å². The molecule has 0 saturated heterocycles. The molecule has 0 spiro atoms. The van der Waals surface area contributed by atoms with E-state index in [4.69, 9.17) is 5.73 Å². The quantitative estimate of drug-likeness (QED) is 0.892. The lowest BCUT2D eigenvalue weighted by Crippen LogP contribution is -2.09. The second-order valence-corrected chi connectivity index (χ2v) is 4.44. The molecule has 0 fully saturated rings. The Labute approximate surface area is 107 Å². The summed E-state index contributed by atoms with van der Waals surface area (Å²) in [5.74, 6) is 1.49. The highest BCUT2D eigenvalue weighted by molar-refractivity contribution is 5.38. The van der Waals surface area contributed by atoms with E-state index >= 15 is 0 Å². The molecule has 0 aliphatic carbocycles. The molecular weight excluding hydrogens is 226 g/mol. The number of hydrogen-bond acceptors (Lipinski definition) is 4. The summed E-state index contributed by atoms with van der Waals surface area (Å²) in [6.07, 6.45) is 5.52. The first kappa shape index (κ1) is 12.5. The molecule has 5 nitrogen and oxygen atoms in total. The average molecular weight is 245 g/mol. The lowest BCUT2D eigenvalue weighted by molar-refractivity contribution is 0.644. The van der Waals surface area contributed by atoms with E-state index in [0.29, 0.717) is 12.2 Å². The average Bonchev–Trinajstić information content (AvgIpc) is 2.74. The number of nitrogens with two attached hydrogens (primary N) is 1. The van der Waals surface area contributed by atoms with Gasteiger partial charge in [-0.15, -0.1) is 0 Å². The lowest BCUT2D eigenvalue weighted by atomic mass is 10.2. The molecule has 18 heavy (non-hydrogen) atoms. The first-order valence-corrected chi connectivity index (χ1v) is 6.21. The Bertz CT molecular complexity index is 544. The van der Waals surface area contributed by atoms with Crippen LogP contribution in [0.15, 0.2) is 12.4 Å². The zero-order valence-electron chi connectivity index (χ0n) is 11.1. The van der Waals surface area contributed by atoms with Crippen molar-refractivity contribution in [1.29, 1.82) is 0 Å². The minimum Gasteiger partial charge on any atom is -0.382 e. The van der Waals surface area contributed by atoms with E-state index in [1.54, 1.807) is 0 Å². The SMILES string of the molecule is CCCn1ccnc1Cc1nc(C)c(C)nc1N. The highest BCUT2D eigenvalue weighted by Crippen LogP contribution is 2.14. The van der Waals surface area contributed by atoms with Crippen LogP contribution in [0.25, 0.3) is 0 Å². The van der Waals surface area contributed by atoms with Gasteiger partial charge >= 0.3 is 0 Å². The van der Waals surface area contributed by atoms with Crippen LogP contribution in [0, 0.1) is 13.8 Å². The number of rotatable bonds is 4. The van der Waals surface area contributed by atoms with Crippen molar-refractivity contribution >= 4 is 5.82 Å². The molecule has 0 amide bonds. The molecule has 2 heterocycles. The normalized spacial score (nSPS) is 10.8. The summed E-state index contributed by atoms with van der Waals surface area (Å²) >= 11 is 0. The molecule has 0 radical (unpaired) electrons. The van der Waals surface area contributed by atoms with Gasteiger partial charge in [0, 0.05) is 18.9 Å². The minimum atomic E-state index is 0.504. The highest BCUT2D eigenvalue weighted by Gasteiger charge is 2.10. The molecule has 96 valence electrons. The summed E-state index contributed by atoms with van der Waals surface area (Å²) in [6, 6.07) is 0. The van der Waals surface area contributed by atoms with Crippen LogP contribution in [0.3, 0.4) is 0 Å². The molecule has 0 aromatic carbocycles. The topological polar surface area (TPSA) is 69.6 Å². The number of nitrogens with zero attached hydrogens (tertiary/aromatic N) is 4. The van der Waals surface area contributed by atoms with Crippen LogP contribution in [-0.2, 0) is 13.0 Å². The lowest BCUT2D eigenvalue weighted by Gasteiger charge is -2.09. The van der Waals surface area contributed by atoms with Crippen molar-refractivity contribution in [2.45, 2.75) is 40.2 Å². The maximum absolute atomic E-state index is 5.92. The number of imidazole rings is 1. The fourth-order valence-electron chi connectivity index (χ4n) is 1.90. The van der Waals surface area contributed by atoms with Gasteiger partial charge in [0.05, 0.1) is 23.5 Å². The van der Waals surface area contributed by atoms with E-state index in [0.717, 1.165) is 35.9 Å². The predicted octanol–water partition coefficient (Wildman–Crippen LogP) is 1.87. The number of nitrogen functional groups attached to an aromatic ring is 1.